The zero-order valence-electron chi connectivity index (χ0n) is 15.1. The van der Waals surface area contributed by atoms with Crippen LogP contribution in [0.25, 0.3) is 0 Å². The summed E-state index contributed by atoms with van der Waals surface area (Å²) in [6.45, 7) is 7.31. The summed E-state index contributed by atoms with van der Waals surface area (Å²) in [7, 11) is 0. The Labute approximate surface area is 144 Å². The van der Waals surface area contributed by atoms with E-state index in [-0.39, 0.29) is 6.61 Å². The molecule has 6 heteroatoms. The van der Waals surface area contributed by atoms with Crippen molar-refractivity contribution in [3.63, 3.8) is 0 Å². The van der Waals surface area contributed by atoms with E-state index in [0.717, 1.165) is 25.7 Å². The van der Waals surface area contributed by atoms with E-state index in [1.807, 2.05) is 0 Å². The number of rotatable bonds is 3. The van der Waals surface area contributed by atoms with Gasteiger partial charge < -0.3 is 14.8 Å². The fourth-order valence-corrected chi connectivity index (χ4v) is 2.48. The molecule has 1 amide bonds. The van der Waals surface area contributed by atoms with Crippen LogP contribution in [0.3, 0.4) is 0 Å². The van der Waals surface area contributed by atoms with Crippen LogP contribution in [0.15, 0.2) is 11.6 Å². The fourth-order valence-electron chi connectivity index (χ4n) is 2.48. The molecule has 1 heterocycles. The Balaban J connectivity index is 2.87. The summed E-state index contributed by atoms with van der Waals surface area (Å²) >= 11 is 0. The predicted octanol–water partition coefficient (Wildman–Crippen LogP) is 2.66. The van der Waals surface area contributed by atoms with Gasteiger partial charge in [-0.25, -0.2) is 9.59 Å². The Morgan fingerprint density at radius 2 is 1.88 bits per heavy atom. The Hall–Kier alpha value is -1.85. The van der Waals surface area contributed by atoms with Gasteiger partial charge in [0.05, 0.1) is 6.61 Å². The lowest BCUT2D eigenvalue weighted by Crippen LogP contribution is -2.42. The van der Waals surface area contributed by atoms with Gasteiger partial charge in [0.25, 0.3) is 0 Å². The second kappa shape index (κ2) is 9.45. The van der Waals surface area contributed by atoms with E-state index in [1.165, 1.54) is 6.08 Å². The Morgan fingerprint density at radius 3 is 2.50 bits per heavy atom. The third kappa shape index (κ3) is 7.62. The highest BCUT2D eigenvalue weighted by Crippen LogP contribution is 2.17. The molecular formula is C18H29NO5. The average molecular weight is 339 g/mol. The molecule has 0 radical (unpaired) electrons. The Morgan fingerprint density at radius 1 is 1.21 bits per heavy atom. The van der Waals surface area contributed by atoms with Gasteiger partial charge in [-0.1, -0.05) is 19.3 Å². The lowest BCUT2D eigenvalue weighted by atomic mass is 10.00. The molecule has 0 aliphatic carbocycles. The number of hydrogen-bond donors (Lipinski definition) is 1. The third-order valence-electron chi connectivity index (χ3n) is 3.56. The van der Waals surface area contributed by atoms with Crippen molar-refractivity contribution >= 4 is 17.8 Å². The molecule has 1 rings (SSSR count). The number of carbonyl (C=O) groups excluding carboxylic acids is 3. The molecule has 1 saturated heterocycles. The van der Waals surface area contributed by atoms with Gasteiger partial charge in [0.2, 0.25) is 5.91 Å². The molecule has 1 fully saturated rings. The van der Waals surface area contributed by atoms with Gasteiger partial charge in [0.1, 0.15) is 11.6 Å². The molecule has 1 atom stereocenters. The molecule has 0 bridgehead atoms. The SMILES string of the molecule is CCOC(=O)C1CCCCCCC(=CC(=O)OC(C)(C)C)C(=O)N1. The molecule has 24 heavy (non-hydrogen) atoms. The lowest BCUT2D eigenvalue weighted by Gasteiger charge is -2.21. The summed E-state index contributed by atoms with van der Waals surface area (Å²) in [6, 6.07) is -0.669. The second-order valence-corrected chi connectivity index (χ2v) is 6.93. The topological polar surface area (TPSA) is 81.7 Å². The standard InChI is InChI=1S/C18H29NO5/c1-5-23-17(22)14-11-9-7-6-8-10-13(16(21)19-14)12-15(20)24-18(2,3)4/h12,14H,5-11H2,1-4H3,(H,19,21). The van der Waals surface area contributed by atoms with E-state index < -0.39 is 29.5 Å². The molecule has 0 aromatic carbocycles. The summed E-state index contributed by atoms with van der Waals surface area (Å²) in [4.78, 5) is 36.4. The molecule has 136 valence electrons. The first-order valence-electron chi connectivity index (χ1n) is 8.64. The largest absolute Gasteiger partial charge is 0.464 e. The fraction of sp³-hybridized carbons (Fsp3) is 0.722. The number of nitrogens with one attached hydrogen (secondary N) is 1. The summed E-state index contributed by atoms with van der Waals surface area (Å²) in [5, 5.41) is 2.70. The van der Waals surface area contributed by atoms with Crippen LogP contribution in [-0.4, -0.2) is 36.1 Å². The summed E-state index contributed by atoms with van der Waals surface area (Å²) in [6.07, 6.45) is 5.89. The van der Waals surface area contributed by atoms with Gasteiger partial charge >= 0.3 is 11.9 Å². The van der Waals surface area contributed by atoms with Gasteiger partial charge in [-0.2, -0.15) is 0 Å². The molecule has 6 nitrogen and oxygen atoms in total. The number of carbonyl (C=O) groups is 3. The zero-order chi connectivity index (χ0) is 18.2. The van der Waals surface area contributed by atoms with E-state index >= 15 is 0 Å². The minimum Gasteiger partial charge on any atom is -0.464 e. The van der Waals surface area contributed by atoms with E-state index in [0.29, 0.717) is 18.4 Å². The summed E-state index contributed by atoms with van der Waals surface area (Å²) in [5.41, 5.74) is -0.269. The van der Waals surface area contributed by atoms with E-state index in [4.69, 9.17) is 9.47 Å². The molecule has 1 N–H and O–H groups in total. The van der Waals surface area contributed by atoms with Crippen LogP contribution < -0.4 is 5.32 Å². The predicted molar refractivity (Wildman–Crippen MR) is 90.2 cm³/mol. The molecule has 0 spiro atoms. The monoisotopic (exact) mass is 339 g/mol. The molecular weight excluding hydrogens is 310 g/mol. The lowest BCUT2D eigenvalue weighted by molar-refractivity contribution is -0.148. The molecule has 1 aliphatic rings. The first-order valence-corrected chi connectivity index (χ1v) is 8.64. The van der Waals surface area contributed by atoms with Gasteiger partial charge in [-0.3, -0.25) is 4.79 Å². The van der Waals surface area contributed by atoms with Gasteiger partial charge in [0, 0.05) is 11.6 Å². The number of hydrogen-bond acceptors (Lipinski definition) is 5. The van der Waals surface area contributed by atoms with Crippen molar-refractivity contribution in [3.8, 4) is 0 Å². The zero-order valence-corrected chi connectivity index (χ0v) is 15.1. The normalized spacial score (nSPS) is 21.8. The van der Waals surface area contributed by atoms with Crippen molar-refractivity contribution in [2.45, 2.75) is 77.9 Å². The van der Waals surface area contributed by atoms with E-state index in [1.54, 1.807) is 27.7 Å². The van der Waals surface area contributed by atoms with Crippen molar-refractivity contribution in [1.82, 2.24) is 5.32 Å². The van der Waals surface area contributed by atoms with Crippen LogP contribution in [-0.2, 0) is 23.9 Å². The highest BCUT2D eigenvalue weighted by Gasteiger charge is 2.25. The van der Waals surface area contributed by atoms with Crippen LogP contribution in [0, 0.1) is 0 Å². The van der Waals surface area contributed by atoms with Crippen molar-refractivity contribution in [1.29, 1.82) is 0 Å². The number of esters is 2. The molecule has 1 unspecified atom stereocenters. The smallest absolute Gasteiger partial charge is 0.331 e. The summed E-state index contributed by atoms with van der Waals surface area (Å²) < 4.78 is 10.3. The average Bonchev–Trinajstić information content (AvgIpc) is 2.46. The van der Waals surface area contributed by atoms with E-state index in [2.05, 4.69) is 5.32 Å². The maximum Gasteiger partial charge on any atom is 0.331 e. The van der Waals surface area contributed by atoms with Crippen molar-refractivity contribution in [2.75, 3.05) is 6.61 Å². The van der Waals surface area contributed by atoms with Gasteiger partial charge in [-0.15, -0.1) is 0 Å². The van der Waals surface area contributed by atoms with Crippen LogP contribution in [0.4, 0.5) is 0 Å². The quantitative estimate of drug-likeness (QED) is 0.631. The van der Waals surface area contributed by atoms with Gasteiger partial charge in [-0.05, 0) is 47.0 Å². The third-order valence-corrected chi connectivity index (χ3v) is 3.56. The Kier molecular flexibility index (Phi) is 7.95. The second-order valence-electron chi connectivity index (χ2n) is 6.93. The van der Waals surface area contributed by atoms with Crippen molar-refractivity contribution in [3.05, 3.63) is 11.6 Å². The van der Waals surface area contributed by atoms with Crippen LogP contribution >= 0.6 is 0 Å². The minimum absolute atomic E-state index is 0.270. The van der Waals surface area contributed by atoms with Gasteiger partial charge in [0.15, 0.2) is 0 Å². The molecule has 1 aliphatic heterocycles. The minimum atomic E-state index is -0.669. The highest BCUT2D eigenvalue weighted by molar-refractivity contribution is 6.01. The number of amides is 1. The van der Waals surface area contributed by atoms with Crippen LogP contribution in [0.5, 0.6) is 0 Å². The van der Waals surface area contributed by atoms with Crippen LogP contribution in [0.1, 0.15) is 66.2 Å². The number of ether oxygens (including phenoxy) is 2. The van der Waals surface area contributed by atoms with Crippen molar-refractivity contribution < 1.29 is 23.9 Å². The Bertz CT molecular complexity index is 490. The van der Waals surface area contributed by atoms with Crippen LogP contribution in [0.2, 0.25) is 0 Å². The molecule has 0 aromatic rings. The summed E-state index contributed by atoms with van der Waals surface area (Å²) in [5.74, 6) is -1.37. The van der Waals surface area contributed by atoms with Crippen molar-refractivity contribution in [2.24, 2.45) is 0 Å². The molecule has 0 saturated carbocycles. The highest BCUT2D eigenvalue weighted by atomic mass is 16.6. The first kappa shape index (κ1) is 20.2. The molecule has 0 aromatic heterocycles. The first-order chi connectivity index (χ1) is 11.2. The maximum atomic E-state index is 12.5. The van der Waals surface area contributed by atoms with E-state index in [9.17, 15) is 14.4 Å². The maximum absolute atomic E-state index is 12.5.